The van der Waals surface area contributed by atoms with Crippen molar-refractivity contribution in [2.24, 2.45) is 0 Å². The molecule has 2 N–H and O–H groups in total. The molecule has 156 valence electrons. The van der Waals surface area contributed by atoms with Crippen LogP contribution in [0.15, 0.2) is 42.5 Å². The lowest BCUT2D eigenvalue weighted by molar-refractivity contribution is 0.0342. The SMILES string of the molecule is CS(=O)(=O)Nc1ccc(Cl)c(C(=O)NCc2cccc(CN3CCOCC3)c2)c1. The first-order chi connectivity index (χ1) is 13.8. The second-order valence-electron chi connectivity index (χ2n) is 6.96. The zero-order valence-electron chi connectivity index (χ0n) is 16.2. The van der Waals surface area contributed by atoms with E-state index in [1.807, 2.05) is 12.1 Å². The molecule has 0 unspecified atom stereocenters. The lowest BCUT2D eigenvalue weighted by Crippen LogP contribution is -2.35. The van der Waals surface area contributed by atoms with Crippen molar-refractivity contribution in [3.63, 3.8) is 0 Å². The van der Waals surface area contributed by atoms with E-state index >= 15 is 0 Å². The van der Waals surface area contributed by atoms with Crippen LogP contribution in [0.2, 0.25) is 5.02 Å². The van der Waals surface area contributed by atoms with Gasteiger partial charge in [0.1, 0.15) is 0 Å². The number of sulfonamides is 1. The number of morpholine rings is 1. The summed E-state index contributed by atoms with van der Waals surface area (Å²) in [6, 6.07) is 12.5. The first-order valence-electron chi connectivity index (χ1n) is 9.23. The molecule has 1 aliphatic rings. The minimum Gasteiger partial charge on any atom is -0.379 e. The number of amides is 1. The fourth-order valence-corrected chi connectivity index (χ4v) is 3.87. The monoisotopic (exact) mass is 437 g/mol. The first kappa shape index (κ1) is 21.6. The minimum atomic E-state index is -3.44. The van der Waals surface area contributed by atoms with E-state index in [1.54, 1.807) is 0 Å². The van der Waals surface area contributed by atoms with Crippen LogP contribution in [0, 0.1) is 0 Å². The van der Waals surface area contributed by atoms with Crippen LogP contribution in [0.1, 0.15) is 21.5 Å². The quantitative estimate of drug-likeness (QED) is 0.694. The second kappa shape index (κ2) is 9.58. The summed E-state index contributed by atoms with van der Waals surface area (Å²) in [4.78, 5) is 14.9. The van der Waals surface area contributed by atoms with Crippen molar-refractivity contribution < 1.29 is 17.9 Å². The molecule has 0 bridgehead atoms. The van der Waals surface area contributed by atoms with E-state index in [0.29, 0.717) is 6.54 Å². The van der Waals surface area contributed by atoms with Gasteiger partial charge in [-0.25, -0.2) is 8.42 Å². The minimum absolute atomic E-state index is 0.213. The van der Waals surface area contributed by atoms with Crippen LogP contribution < -0.4 is 10.0 Å². The molecule has 3 rings (SSSR count). The highest BCUT2D eigenvalue weighted by atomic mass is 35.5. The topological polar surface area (TPSA) is 87.7 Å². The molecular formula is C20H24ClN3O4S. The molecular weight excluding hydrogens is 414 g/mol. The lowest BCUT2D eigenvalue weighted by Gasteiger charge is -2.26. The predicted octanol–water partition coefficient (Wildman–Crippen LogP) is 2.47. The molecule has 2 aromatic rings. The van der Waals surface area contributed by atoms with Gasteiger partial charge in [0.2, 0.25) is 10.0 Å². The van der Waals surface area contributed by atoms with Gasteiger partial charge >= 0.3 is 0 Å². The normalized spacial score (nSPS) is 15.1. The van der Waals surface area contributed by atoms with Crippen molar-refractivity contribution >= 4 is 33.2 Å². The van der Waals surface area contributed by atoms with Crippen molar-refractivity contribution in [1.82, 2.24) is 10.2 Å². The molecule has 2 aromatic carbocycles. The van der Waals surface area contributed by atoms with Gasteiger partial charge in [-0.15, -0.1) is 0 Å². The highest BCUT2D eigenvalue weighted by molar-refractivity contribution is 7.92. The fraction of sp³-hybridized carbons (Fsp3) is 0.350. The Morgan fingerprint density at radius 1 is 1.14 bits per heavy atom. The molecule has 7 nitrogen and oxygen atoms in total. The number of ether oxygens (including phenoxy) is 1. The van der Waals surface area contributed by atoms with Crippen LogP contribution in [-0.2, 0) is 27.8 Å². The summed E-state index contributed by atoms with van der Waals surface area (Å²) in [6.45, 7) is 4.52. The molecule has 0 aliphatic carbocycles. The van der Waals surface area contributed by atoms with E-state index in [0.717, 1.165) is 44.7 Å². The molecule has 1 aliphatic heterocycles. The van der Waals surface area contributed by atoms with Crippen molar-refractivity contribution in [2.75, 3.05) is 37.3 Å². The Kier molecular flexibility index (Phi) is 7.13. The first-order valence-corrected chi connectivity index (χ1v) is 11.5. The zero-order valence-corrected chi connectivity index (χ0v) is 17.7. The number of rotatable bonds is 7. The van der Waals surface area contributed by atoms with E-state index < -0.39 is 10.0 Å². The highest BCUT2D eigenvalue weighted by Crippen LogP contribution is 2.21. The highest BCUT2D eigenvalue weighted by Gasteiger charge is 2.14. The Balaban J connectivity index is 1.63. The Labute approximate surface area is 176 Å². The summed E-state index contributed by atoms with van der Waals surface area (Å²) in [5.41, 5.74) is 2.65. The third-order valence-electron chi connectivity index (χ3n) is 4.47. The maximum atomic E-state index is 12.6. The molecule has 1 saturated heterocycles. The van der Waals surface area contributed by atoms with Gasteiger partial charge in [-0.3, -0.25) is 14.4 Å². The summed E-state index contributed by atoms with van der Waals surface area (Å²) in [7, 11) is -3.44. The van der Waals surface area contributed by atoms with Gasteiger partial charge in [-0.1, -0.05) is 35.9 Å². The summed E-state index contributed by atoms with van der Waals surface area (Å²) in [5, 5.41) is 3.10. The summed E-state index contributed by atoms with van der Waals surface area (Å²) < 4.78 is 30.5. The Morgan fingerprint density at radius 3 is 2.59 bits per heavy atom. The third kappa shape index (κ3) is 6.71. The maximum absolute atomic E-state index is 12.6. The fourth-order valence-electron chi connectivity index (χ4n) is 3.11. The number of nitrogens with zero attached hydrogens (tertiary/aromatic N) is 1. The van der Waals surface area contributed by atoms with Gasteiger partial charge in [0, 0.05) is 31.9 Å². The number of carbonyl (C=O) groups excluding carboxylic acids is 1. The average molecular weight is 438 g/mol. The van der Waals surface area contributed by atoms with Crippen molar-refractivity contribution in [2.45, 2.75) is 13.1 Å². The van der Waals surface area contributed by atoms with E-state index in [9.17, 15) is 13.2 Å². The molecule has 0 radical (unpaired) electrons. The molecule has 0 aromatic heterocycles. The van der Waals surface area contributed by atoms with Crippen molar-refractivity contribution in [1.29, 1.82) is 0 Å². The molecule has 1 heterocycles. The number of benzene rings is 2. The number of hydrogen-bond acceptors (Lipinski definition) is 5. The lowest BCUT2D eigenvalue weighted by atomic mass is 10.1. The third-order valence-corrected chi connectivity index (χ3v) is 5.40. The van der Waals surface area contributed by atoms with Crippen LogP contribution in [0.25, 0.3) is 0 Å². The second-order valence-corrected chi connectivity index (χ2v) is 9.12. The van der Waals surface area contributed by atoms with Gasteiger partial charge in [-0.05, 0) is 29.3 Å². The van der Waals surface area contributed by atoms with Crippen LogP contribution in [0.3, 0.4) is 0 Å². The summed E-state index contributed by atoms with van der Waals surface area (Å²) >= 11 is 6.12. The van der Waals surface area contributed by atoms with Gasteiger partial charge in [-0.2, -0.15) is 0 Å². The van der Waals surface area contributed by atoms with Crippen LogP contribution in [0.5, 0.6) is 0 Å². The summed E-state index contributed by atoms with van der Waals surface area (Å²) in [6.07, 6.45) is 1.05. The molecule has 0 atom stereocenters. The molecule has 1 fully saturated rings. The van der Waals surface area contributed by atoms with Gasteiger partial charge < -0.3 is 10.1 Å². The Bertz CT molecular complexity index is 975. The van der Waals surface area contributed by atoms with E-state index in [2.05, 4.69) is 27.1 Å². The standard InChI is InChI=1S/C20H24ClN3O4S/c1-29(26,27)23-17-5-6-19(21)18(12-17)20(25)22-13-15-3-2-4-16(11-15)14-24-7-9-28-10-8-24/h2-6,11-12,23H,7-10,13-14H2,1H3,(H,22,25). The largest absolute Gasteiger partial charge is 0.379 e. The van der Waals surface area contributed by atoms with Crippen LogP contribution in [-0.4, -0.2) is 51.8 Å². The number of halogens is 1. The smallest absolute Gasteiger partial charge is 0.253 e. The van der Waals surface area contributed by atoms with E-state index in [1.165, 1.54) is 23.8 Å². The van der Waals surface area contributed by atoms with E-state index in [-0.39, 0.29) is 22.2 Å². The van der Waals surface area contributed by atoms with Crippen LogP contribution in [0.4, 0.5) is 5.69 Å². The molecule has 29 heavy (non-hydrogen) atoms. The van der Waals surface area contributed by atoms with Gasteiger partial charge in [0.05, 0.1) is 30.1 Å². The molecule has 1 amide bonds. The molecule has 9 heteroatoms. The maximum Gasteiger partial charge on any atom is 0.253 e. The number of anilines is 1. The average Bonchev–Trinajstić information content (AvgIpc) is 2.68. The number of hydrogen-bond donors (Lipinski definition) is 2. The van der Waals surface area contributed by atoms with Crippen molar-refractivity contribution in [3.05, 3.63) is 64.2 Å². The van der Waals surface area contributed by atoms with Gasteiger partial charge in [0.25, 0.3) is 5.91 Å². The predicted molar refractivity (Wildman–Crippen MR) is 114 cm³/mol. The Hall–Kier alpha value is -2.13. The zero-order chi connectivity index (χ0) is 20.9. The summed E-state index contributed by atoms with van der Waals surface area (Å²) in [5.74, 6) is -0.370. The molecule has 0 saturated carbocycles. The van der Waals surface area contributed by atoms with E-state index in [4.69, 9.17) is 16.3 Å². The Morgan fingerprint density at radius 2 is 1.86 bits per heavy atom. The van der Waals surface area contributed by atoms with Gasteiger partial charge in [0.15, 0.2) is 0 Å². The van der Waals surface area contributed by atoms with Crippen LogP contribution >= 0.6 is 11.6 Å². The van der Waals surface area contributed by atoms with Crippen molar-refractivity contribution in [3.8, 4) is 0 Å². The number of nitrogens with one attached hydrogen (secondary N) is 2. The number of carbonyl (C=O) groups is 1. The molecule has 0 spiro atoms.